The number of hydrogen-bond acceptors (Lipinski definition) is 2. The molecule has 1 aliphatic rings. The van der Waals surface area contributed by atoms with Gasteiger partial charge in [-0.2, -0.15) is 0 Å². The van der Waals surface area contributed by atoms with Gasteiger partial charge in [-0.25, -0.2) is 0 Å². The molecule has 16 heavy (non-hydrogen) atoms. The SMILES string of the molecule is CCCC(O)CCCCCCCC1CCO1. The predicted molar refractivity (Wildman–Crippen MR) is 67.6 cm³/mol. The van der Waals surface area contributed by atoms with Crippen LogP contribution in [0.4, 0.5) is 0 Å². The second-order valence-electron chi connectivity index (χ2n) is 5.07. The van der Waals surface area contributed by atoms with E-state index in [1.165, 1.54) is 44.9 Å². The van der Waals surface area contributed by atoms with Crippen LogP contribution in [0.1, 0.15) is 71.1 Å². The Morgan fingerprint density at radius 1 is 1.12 bits per heavy atom. The Hall–Kier alpha value is -0.0800. The van der Waals surface area contributed by atoms with Crippen molar-refractivity contribution in [2.24, 2.45) is 0 Å². The van der Waals surface area contributed by atoms with Gasteiger partial charge in [-0.1, -0.05) is 45.4 Å². The molecule has 2 unspecified atom stereocenters. The van der Waals surface area contributed by atoms with Crippen LogP contribution in [-0.4, -0.2) is 23.9 Å². The molecule has 1 fully saturated rings. The van der Waals surface area contributed by atoms with Gasteiger partial charge in [0.25, 0.3) is 0 Å². The van der Waals surface area contributed by atoms with Crippen molar-refractivity contribution in [3.8, 4) is 0 Å². The molecule has 1 aliphatic heterocycles. The number of rotatable bonds is 10. The van der Waals surface area contributed by atoms with Crippen LogP contribution in [0.5, 0.6) is 0 Å². The maximum Gasteiger partial charge on any atom is 0.0597 e. The third kappa shape index (κ3) is 6.49. The van der Waals surface area contributed by atoms with Gasteiger partial charge < -0.3 is 9.84 Å². The van der Waals surface area contributed by atoms with Gasteiger partial charge in [0.1, 0.15) is 0 Å². The van der Waals surface area contributed by atoms with E-state index in [0.717, 1.165) is 25.9 Å². The van der Waals surface area contributed by atoms with Gasteiger partial charge in [0.15, 0.2) is 0 Å². The average molecular weight is 228 g/mol. The molecular formula is C14H28O2. The lowest BCUT2D eigenvalue weighted by Crippen LogP contribution is -2.26. The summed E-state index contributed by atoms with van der Waals surface area (Å²) < 4.78 is 5.38. The molecule has 1 rings (SSSR count). The Kier molecular flexibility index (Phi) is 7.87. The predicted octanol–water partition coefficient (Wildman–Crippen LogP) is 3.67. The zero-order chi connectivity index (χ0) is 11.6. The van der Waals surface area contributed by atoms with Gasteiger partial charge >= 0.3 is 0 Å². The smallest absolute Gasteiger partial charge is 0.0597 e. The van der Waals surface area contributed by atoms with E-state index in [2.05, 4.69) is 6.92 Å². The molecule has 96 valence electrons. The second kappa shape index (κ2) is 9.00. The molecular weight excluding hydrogens is 200 g/mol. The van der Waals surface area contributed by atoms with Gasteiger partial charge in [-0.15, -0.1) is 0 Å². The average Bonchev–Trinajstić information content (AvgIpc) is 2.19. The Labute approximate surface area is 100 Å². The quantitative estimate of drug-likeness (QED) is 0.578. The van der Waals surface area contributed by atoms with Crippen LogP contribution in [0, 0.1) is 0 Å². The number of unbranched alkanes of at least 4 members (excludes halogenated alkanes) is 4. The van der Waals surface area contributed by atoms with Gasteiger partial charge in [-0.05, 0) is 25.7 Å². The molecule has 1 saturated heterocycles. The van der Waals surface area contributed by atoms with Crippen molar-refractivity contribution < 1.29 is 9.84 Å². The minimum absolute atomic E-state index is 0.0478. The fourth-order valence-electron chi connectivity index (χ4n) is 2.27. The zero-order valence-corrected chi connectivity index (χ0v) is 10.8. The van der Waals surface area contributed by atoms with E-state index in [9.17, 15) is 5.11 Å². The standard InChI is InChI=1S/C14H28O2/c1-2-8-13(15)9-6-4-3-5-7-10-14-11-12-16-14/h13-15H,2-12H2,1H3. The minimum atomic E-state index is -0.0478. The Morgan fingerprint density at radius 2 is 1.81 bits per heavy atom. The van der Waals surface area contributed by atoms with Crippen molar-refractivity contribution in [3.63, 3.8) is 0 Å². The van der Waals surface area contributed by atoms with Crippen LogP contribution in [-0.2, 0) is 4.74 Å². The summed E-state index contributed by atoms with van der Waals surface area (Å²) in [6.45, 7) is 3.12. The van der Waals surface area contributed by atoms with Gasteiger partial charge in [0, 0.05) is 6.61 Å². The Balaban J connectivity index is 1.73. The zero-order valence-electron chi connectivity index (χ0n) is 10.8. The molecule has 0 aromatic heterocycles. The fraction of sp³-hybridized carbons (Fsp3) is 1.00. The van der Waals surface area contributed by atoms with E-state index < -0.39 is 0 Å². The van der Waals surface area contributed by atoms with Crippen molar-refractivity contribution >= 4 is 0 Å². The first-order valence-electron chi connectivity index (χ1n) is 7.12. The van der Waals surface area contributed by atoms with Gasteiger partial charge in [0.05, 0.1) is 12.2 Å². The molecule has 1 N–H and O–H groups in total. The molecule has 0 saturated carbocycles. The first-order chi connectivity index (χ1) is 7.83. The van der Waals surface area contributed by atoms with Crippen LogP contribution >= 0.6 is 0 Å². The Bertz CT molecular complexity index is 155. The maximum absolute atomic E-state index is 9.55. The highest BCUT2D eigenvalue weighted by atomic mass is 16.5. The molecule has 0 aromatic rings. The van der Waals surface area contributed by atoms with Crippen LogP contribution in [0.25, 0.3) is 0 Å². The molecule has 1 heterocycles. The molecule has 0 bridgehead atoms. The lowest BCUT2D eigenvalue weighted by atomic mass is 10.0. The maximum atomic E-state index is 9.55. The topological polar surface area (TPSA) is 29.5 Å². The summed E-state index contributed by atoms with van der Waals surface area (Å²) in [6, 6.07) is 0. The van der Waals surface area contributed by atoms with E-state index in [1.807, 2.05) is 0 Å². The molecule has 0 spiro atoms. The van der Waals surface area contributed by atoms with E-state index >= 15 is 0 Å². The van der Waals surface area contributed by atoms with Crippen LogP contribution < -0.4 is 0 Å². The lowest BCUT2D eigenvalue weighted by molar-refractivity contribution is -0.0556. The summed E-state index contributed by atoms with van der Waals surface area (Å²) in [5.41, 5.74) is 0. The number of aliphatic hydroxyl groups excluding tert-OH is 1. The van der Waals surface area contributed by atoms with Crippen molar-refractivity contribution in [1.82, 2.24) is 0 Å². The van der Waals surface area contributed by atoms with Crippen molar-refractivity contribution in [1.29, 1.82) is 0 Å². The normalized spacial score (nSPS) is 21.8. The second-order valence-corrected chi connectivity index (χ2v) is 5.07. The monoisotopic (exact) mass is 228 g/mol. The van der Waals surface area contributed by atoms with E-state index in [1.54, 1.807) is 0 Å². The van der Waals surface area contributed by atoms with Crippen molar-refractivity contribution in [2.45, 2.75) is 83.3 Å². The van der Waals surface area contributed by atoms with Crippen molar-refractivity contribution in [2.75, 3.05) is 6.61 Å². The number of hydrogen-bond donors (Lipinski definition) is 1. The molecule has 0 amide bonds. The summed E-state index contributed by atoms with van der Waals surface area (Å²) in [6.07, 6.45) is 12.6. The molecule has 0 aromatic carbocycles. The van der Waals surface area contributed by atoms with E-state index in [-0.39, 0.29) is 6.10 Å². The van der Waals surface area contributed by atoms with Gasteiger partial charge in [-0.3, -0.25) is 0 Å². The molecule has 0 aliphatic carbocycles. The molecule has 2 atom stereocenters. The van der Waals surface area contributed by atoms with E-state index in [4.69, 9.17) is 4.74 Å². The summed E-state index contributed by atoms with van der Waals surface area (Å²) in [5.74, 6) is 0. The molecule has 0 radical (unpaired) electrons. The summed E-state index contributed by atoms with van der Waals surface area (Å²) in [5, 5.41) is 9.55. The van der Waals surface area contributed by atoms with Crippen molar-refractivity contribution in [3.05, 3.63) is 0 Å². The summed E-state index contributed by atoms with van der Waals surface area (Å²) >= 11 is 0. The molecule has 2 nitrogen and oxygen atoms in total. The third-order valence-electron chi connectivity index (χ3n) is 3.48. The highest BCUT2D eigenvalue weighted by Crippen LogP contribution is 2.18. The van der Waals surface area contributed by atoms with Gasteiger partial charge in [0.2, 0.25) is 0 Å². The summed E-state index contributed by atoms with van der Waals surface area (Å²) in [4.78, 5) is 0. The first kappa shape index (κ1) is 14.0. The van der Waals surface area contributed by atoms with E-state index in [0.29, 0.717) is 6.10 Å². The summed E-state index contributed by atoms with van der Waals surface area (Å²) in [7, 11) is 0. The number of ether oxygens (including phenoxy) is 1. The highest BCUT2D eigenvalue weighted by Gasteiger charge is 2.16. The third-order valence-corrected chi connectivity index (χ3v) is 3.48. The van der Waals surface area contributed by atoms with Crippen LogP contribution in [0.3, 0.4) is 0 Å². The fourth-order valence-corrected chi connectivity index (χ4v) is 2.27. The number of aliphatic hydroxyl groups is 1. The highest BCUT2D eigenvalue weighted by molar-refractivity contribution is 4.66. The first-order valence-corrected chi connectivity index (χ1v) is 7.12. The largest absolute Gasteiger partial charge is 0.393 e. The Morgan fingerprint density at radius 3 is 2.44 bits per heavy atom. The van der Waals surface area contributed by atoms with Crippen LogP contribution in [0.2, 0.25) is 0 Å². The lowest BCUT2D eigenvalue weighted by Gasteiger charge is -2.26. The van der Waals surface area contributed by atoms with Crippen LogP contribution in [0.15, 0.2) is 0 Å². The molecule has 2 heteroatoms. The minimum Gasteiger partial charge on any atom is -0.393 e.